The normalized spacial score (nSPS) is 11.9. The van der Waals surface area contributed by atoms with Crippen molar-refractivity contribution in [3.05, 3.63) is 182 Å². The van der Waals surface area contributed by atoms with Gasteiger partial charge in [0.25, 0.3) is 0 Å². The summed E-state index contributed by atoms with van der Waals surface area (Å²) in [5.41, 5.74) is 11.4. The fourth-order valence-corrected chi connectivity index (χ4v) is 8.37. The molecule has 0 aliphatic rings. The molecule has 0 aliphatic heterocycles. The maximum Gasteiger partial charge on any atom is 0.167 e. The minimum Gasteiger partial charge on any atom is -0.456 e. The van der Waals surface area contributed by atoms with E-state index in [1.54, 1.807) is 0 Å². The molecule has 12 aromatic rings. The van der Waals surface area contributed by atoms with Gasteiger partial charge in [0.05, 0.1) is 16.6 Å². The first-order valence-corrected chi connectivity index (χ1v) is 19.0. The van der Waals surface area contributed by atoms with E-state index in [4.69, 9.17) is 23.8 Å². The van der Waals surface area contributed by atoms with Gasteiger partial charge >= 0.3 is 0 Å². The first-order valence-electron chi connectivity index (χ1n) is 19.0. The molecule has 57 heavy (non-hydrogen) atoms. The SMILES string of the molecule is c1ccc(-c2nc(-c3ccc4c(c3)oc3cc(-c5ccc6c(c5)c5ccccc5n6-c5ccccc5)ccc34)nc(-c3cccc4c3oc3ccccc34)n2)cc1. The Labute approximate surface area is 325 Å². The zero-order chi connectivity index (χ0) is 37.5. The van der Waals surface area contributed by atoms with Crippen molar-refractivity contribution in [2.24, 2.45) is 0 Å². The van der Waals surface area contributed by atoms with E-state index in [2.05, 4.69) is 120 Å². The fourth-order valence-electron chi connectivity index (χ4n) is 8.37. The zero-order valence-electron chi connectivity index (χ0n) is 30.4. The van der Waals surface area contributed by atoms with Gasteiger partial charge in [-0.1, -0.05) is 115 Å². The van der Waals surface area contributed by atoms with Gasteiger partial charge in [0.15, 0.2) is 17.5 Å². The van der Waals surface area contributed by atoms with Crippen molar-refractivity contribution in [1.82, 2.24) is 19.5 Å². The molecule has 0 aliphatic carbocycles. The second-order valence-corrected chi connectivity index (χ2v) is 14.4. The quantitative estimate of drug-likeness (QED) is 0.176. The standard InChI is InChI=1S/C51H30N4O2/c1-3-12-31(13-4-1)49-52-50(54-51(53-49)41-19-11-18-40-37-17-8-10-21-45(37)57-48(40)41)34-23-26-39-38-25-22-33(29-46(38)56-47(39)30-34)32-24-27-44-42(28-32)36-16-7-9-20-43(36)55(44)35-14-5-2-6-15-35/h1-30H. The number of hydrogen-bond donors (Lipinski definition) is 0. The largest absolute Gasteiger partial charge is 0.456 e. The number of aromatic nitrogens is 4. The van der Waals surface area contributed by atoms with Crippen LogP contribution in [0.15, 0.2) is 191 Å². The van der Waals surface area contributed by atoms with Gasteiger partial charge in [-0.2, -0.15) is 0 Å². The van der Waals surface area contributed by atoms with Crippen LogP contribution in [0.4, 0.5) is 0 Å². The Kier molecular flexibility index (Phi) is 6.83. The van der Waals surface area contributed by atoms with E-state index in [1.165, 1.54) is 21.8 Å². The molecule has 0 unspecified atom stereocenters. The van der Waals surface area contributed by atoms with Crippen LogP contribution in [0.3, 0.4) is 0 Å². The van der Waals surface area contributed by atoms with Gasteiger partial charge in [-0.05, 0) is 77.9 Å². The lowest BCUT2D eigenvalue weighted by molar-refractivity contribution is 0.668. The van der Waals surface area contributed by atoms with E-state index in [0.29, 0.717) is 17.5 Å². The molecule has 4 heterocycles. The summed E-state index contributed by atoms with van der Waals surface area (Å²) in [6, 6.07) is 62.8. The van der Waals surface area contributed by atoms with Crippen LogP contribution in [-0.4, -0.2) is 19.5 Å². The predicted octanol–water partition coefficient (Wildman–Crippen LogP) is 13.4. The van der Waals surface area contributed by atoms with Crippen LogP contribution in [0.2, 0.25) is 0 Å². The first kappa shape index (κ1) is 31.5. The Morgan fingerprint density at radius 3 is 1.74 bits per heavy atom. The molecule has 0 saturated heterocycles. The molecular weight excluding hydrogens is 701 g/mol. The van der Waals surface area contributed by atoms with Crippen molar-refractivity contribution in [3.8, 4) is 51.0 Å². The highest BCUT2D eigenvalue weighted by molar-refractivity contribution is 6.12. The molecule has 0 saturated carbocycles. The third-order valence-electron chi connectivity index (χ3n) is 11.1. The van der Waals surface area contributed by atoms with Crippen LogP contribution >= 0.6 is 0 Å². The highest BCUT2D eigenvalue weighted by atomic mass is 16.3. The molecule has 12 rings (SSSR count). The summed E-state index contributed by atoms with van der Waals surface area (Å²) in [5.74, 6) is 1.68. The zero-order valence-corrected chi connectivity index (χ0v) is 30.4. The molecule has 0 amide bonds. The second kappa shape index (κ2) is 12.3. The fraction of sp³-hybridized carbons (Fsp3) is 0. The number of hydrogen-bond acceptors (Lipinski definition) is 5. The highest BCUT2D eigenvalue weighted by Crippen LogP contribution is 2.39. The van der Waals surface area contributed by atoms with Gasteiger partial charge in [-0.3, -0.25) is 0 Å². The van der Waals surface area contributed by atoms with Crippen LogP contribution in [0.25, 0.3) is 117 Å². The highest BCUT2D eigenvalue weighted by Gasteiger charge is 2.19. The molecule has 0 fully saturated rings. The van der Waals surface area contributed by atoms with E-state index in [-0.39, 0.29) is 0 Å². The molecule has 0 spiro atoms. The lowest BCUT2D eigenvalue weighted by Crippen LogP contribution is -2.00. The number of benzene rings is 8. The summed E-state index contributed by atoms with van der Waals surface area (Å²) < 4.78 is 15.4. The Bertz CT molecular complexity index is 3530. The molecule has 6 nitrogen and oxygen atoms in total. The Balaban J connectivity index is 0.973. The topological polar surface area (TPSA) is 69.9 Å². The third-order valence-corrected chi connectivity index (χ3v) is 11.1. The van der Waals surface area contributed by atoms with Crippen molar-refractivity contribution < 1.29 is 8.83 Å². The molecule has 266 valence electrons. The second-order valence-electron chi connectivity index (χ2n) is 14.4. The predicted molar refractivity (Wildman–Crippen MR) is 230 cm³/mol. The summed E-state index contributed by atoms with van der Waals surface area (Å²) in [7, 11) is 0. The van der Waals surface area contributed by atoms with Gasteiger partial charge in [0.2, 0.25) is 0 Å². The van der Waals surface area contributed by atoms with E-state index in [1.807, 2.05) is 66.7 Å². The summed E-state index contributed by atoms with van der Waals surface area (Å²) in [6.07, 6.45) is 0. The molecule has 0 radical (unpaired) electrons. The van der Waals surface area contributed by atoms with E-state index in [9.17, 15) is 0 Å². The first-order chi connectivity index (χ1) is 28.2. The maximum atomic E-state index is 6.63. The summed E-state index contributed by atoms with van der Waals surface area (Å²) in [5, 5.41) is 6.60. The van der Waals surface area contributed by atoms with Gasteiger partial charge < -0.3 is 13.4 Å². The Morgan fingerprint density at radius 2 is 0.912 bits per heavy atom. The number of furan rings is 2. The van der Waals surface area contributed by atoms with Gasteiger partial charge in [0, 0.05) is 49.1 Å². The third kappa shape index (κ3) is 5.01. The van der Waals surface area contributed by atoms with Gasteiger partial charge in [-0.15, -0.1) is 0 Å². The van der Waals surface area contributed by atoms with Crippen LogP contribution < -0.4 is 0 Å². The van der Waals surface area contributed by atoms with E-state index in [0.717, 1.165) is 77.4 Å². The van der Waals surface area contributed by atoms with Crippen molar-refractivity contribution >= 4 is 65.7 Å². The van der Waals surface area contributed by atoms with Crippen molar-refractivity contribution in [2.75, 3.05) is 0 Å². The average molecular weight is 731 g/mol. The molecule has 0 atom stereocenters. The summed E-state index contributed by atoms with van der Waals surface area (Å²) in [6.45, 7) is 0. The van der Waals surface area contributed by atoms with E-state index >= 15 is 0 Å². The van der Waals surface area contributed by atoms with Crippen LogP contribution in [0, 0.1) is 0 Å². The minimum atomic E-state index is 0.543. The van der Waals surface area contributed by atoms with Crippen molar-refractivity contribution in [2.45, 2.75) is 0 Å². The average Bonchev–Trinajstić information content (AvgIpc) is 3.95. The van der Waals surface area contributed by atoms with Crippen LogP contribution in [0.1, 0.15) is 0 Å². The van der Waals surface area contributed by atoms with E-state index < -0.39 is 0 Å². The number of rotatable bonds is 5. The molecular formula is C51H30N4O2. The number of para-hydroxylation sites is 4. The number of fused-ring (bicyclic) bond motifs is 9. The van der Waals surface area contributed by atoms with Crippen LogP contribution in [-0.2, 0) is 0 Å². The maximum absolute atomic E-state index is 6.63. The summed E-state index contributed by atoms with van der Waals surface area (Å²) in [4.78, 5) is 15.1. The molecule has 4 aromatic heterocycles. The Hall–Kier alpha value is -7.83. The van der Waals surface area contributed by atoms with Gasteiger partial charge in [-0.25, -0.2) is 15.0 Å². The Morgan fingerprint density at radius 1 is 0.333 bits per heavy atom. The lowest BCUT2D eigenvalue weighted by Gasteiger charge is -2.08. The van der Waals surface area contributed by atoms with Gasteiger partial charge in [0.1, 0.15) is 22.3 Å². The van der Waals surface area contributed by atoms with Crippen LogP contribution in [0.5, 0.6) is 0 Å². The molecule has 6 heteroatoms. The molecule has 8 aromatic carbocycles. The lowest BCUT2D eigenvalue weighted by atomic mass is 10.0. The van der Waals surface area contributed by atoms with Crippen molar-refractivity contribution in [1.29, 1.82) is 0 Å². The summed E-state index contributed by atoms with van der Waals surface area (Å²) >= 11 is 0. The molecule has 0 bridgehead atoms. The molecule has 0 N–H and O–H groups in total. The van der Waals surface area contributed by atoms with Crippen molar-refractivity contribution in [3.63, 3.8) is 0 Å². The number of nitrogens with zero attached hydrogens (tertiary/aromatic N) is 4. The minimum absolute atomic E-state index is 0.543. The monoisotopic (exact) mass is 730 g/mol. The smallest absolute Gasteiger partial charge is 0.167 e.